The van der Waals surface area contributed by atoms with Gasteiger partial charge in [0.1, 0.15) is 0 Å². The van der Waals surface area contributed by atoms with Gasteiger partial charge in [-0.2, -0.15) is 0 Å². The van der Waals surface area contributed by atoms with Crippen LogP contribution in [0.5, 0.6) is 0 Å². The van der Waals surface area contributed by atoms with Gasteiger partial charge in [-0.25, -0.2) is 0 Å². The number of esters is 2. The zero-order valence-electron chi connectivity index (χ0n) is 18.1. The zero-order valence-corrected chi connectivity index (χ0v) is 18.1. The molecule has 0 heterocycles. The number of ether oxygens (including phenoxy) is 2. The second-order valence-corrected chi connectivity index (χ2v) is 8.20. The van der Waals surface area contributed by atoms with Crippen molar-refractivity contribution in [2.45, 2.75) is 91.6 Å². The molecule has 0 saturated carbocycles. The van der Waals surface area contributed by atoms with Crippen LogP contribution in [-0.2, 0) is 24.5 Å². The van der Waals surface area contributed by atoms with Crippen molar-refractivity contribution < 1.29 is 19.1 Å². The molecule has 1 aromatic carbocycles. The van der Waals surface area contributed by atoms with Crippen molar-refractivity contribution in [1.29, 1.82) is 0 Å². The standard InChI is InChI=1S/C17H24O2.C6H12O2/c1-6-7-8-14(18)19-16-13-10-12(17(3,4)5)9-11(2)15(13)16;1-3-4-5-6(7)8-2/h9-10,16H,6-8H2,1-5H3;3-5H2,1-2H3. The molecular weight excluding hydrogens is 340 g/mol. The van der Waals surface area contributed by atoms with E-state index in [9.17, 15) is 9.59 Å². The summed E-state index contributed by atoms with van der Waals surface area (Å²) in [6, 6.07) is 4.42. The number of carbonyl (C=O) groups excluding carboxylic acids is 2. The van der Waals surface area contributed by atoms with E-state index in [1.54, 1.807) is 0 Å². The van der Waals surface area contributed by atoms with Crippen molar-refractivity contribution in [1.82, 2.24) is 0 Å². The molecule has 1 aliphatic rings. The molecule has 0 radical (unpaired) electrons. The average Bonchev–Trinajstić information content (AvgIpc) is 3.30. The molecule has 0 spiro atoms. The van der Waals surface area contributed by atoms with Gasteiger partial charge in [0.2, 0.25) is 0 Å². The van der Waals surface area contributed by atoms with Crippen LogP contribution in [0, 0.1) is 6.92 Å². The van der Waals surface area contributed by atoms with E-state index < -0.39 is 0 Å². The third-order valence-electron chi connectivity index (χ3n) is 4.69. The summed E-state index contributed by atoms with van der Waals surface area (Å²) < 4.78 is 9.96. The molecule has 0 fully saturated rings. The number of rotatable bonds is 7. The molecule has 1 aromatic rings. The van der Waals surface area contributed by atoms with Gasteiger partial charge in [0.05, 0.1) is 7.11 Å². The maximum absolute atomic E-state index is 11.7. The highest BCUT2D eigenvalue weighted by atomic mass is 16.5. The van der Waals surface area contributed by atoms with Crippen molar-refractivity contribution in [2.75, 3.05) is 7.11 Å². The first kappa shape index (κ1) is 23.2. The lowest BCUT2D eigenvalue weighted by atomic mass is 9.86. The van der Waals surface area contributed by atoms with Gasteiger partial charge in [-0.05, 0) is 36.3 Å². The number of unbranched alkanes of at least 4 members (excludes halogenated alkanes) is 2. The van der Waals surface area contributed by atoms with Crippen LogP contribution in [-0.4, -0.2) is 19.0 Å². The van der Waals surface area contributed by atoms with Crippen LogP contribution in [0.15, 0.2) is 12.1 Å². The van der Waals surface area contributed by atoms with Gasteiger partial charge >= 0.3 is 11.9 Å². The lowest BCUT2D eigenvalue weighted by molar-refractivity contribution is -0.145. The van der Waals surface area contributed by atoms with Crippen LogP contribution >= 0.6 is 0 Å². The van der Waals surface area contributed by atoms with E-state index in [0.29, 0.717) is 12.8 Å². The first-order valence-electron chi connectivity index (χ1n) is 10.1. The molecule has 0 N–H and O–H groups in total. The molecule has 1 atom stereocenters. The minimum atomic E-state index is -0.105. The van der Waals surface area contributed by atoms with E-state index in [-0.39, 0.29) is 23.5 Å². The Morgan fingerprint density at radius 1 is 1.00 bits per heavy atom. The summed E-state index contributed by atoms with van der Waals surface area (Å²) in [7, 11) is 1.41. The van der Waals surface area contributed by atoms with Crippen molar-refractivity contribution >= 4 is 11.9 Å². The number of hydrogen-bond acceptors (Lipinski definition) is 4. The first-order valence-corrected chi connectivity index (χ1v) is 10.1. The first-order chi connectivity index (χ1) is 12.6. The van der Waals surface area contributed by atoms with Gasteiger partial charge in [0.25, 0.3) is 0 Å². The average molecular weight is 377 g/mol. The molecule has 4 heteroatoms. The van der Waals surface area contributed by atoms with Gasteiger partial charge in [-0.1, -0.05) is 59.6 Å². The number of hydrogen-bond donors (Lipinski definition) is 0. The molecule has 4 nitrogen and oxygen atoms in total. The van der Waals surface area contributed by atoms with Crippen LogP contribution in [0.3, 0.4) is 0 Å². The van der Waals surface area contributed by atoms with Gasteiger partial charge in [0, 0.05) is 24.0 Å². The Balaban J connectivity index is 0.000000387. The SMILES string of the molecule is CCCCC(=O)OC.CCCCC(=O)OC1c2cc(C(C)(C)C)cc(C)c21. The van der Waals surface area contributed by atoms with E-state index in [1.807, 2.05) is 6.92 Å². The molecule has 1 unspecified atom stereocenters. The number of benzene rings is 1. The number of aryl methyl sites for hydroxylation is 1. The van der Waals surface area contributed by atoms with Gasteiger partial charge in [0.15, 0.2) is 6.10 Å². The van der Waals surface area contributed by atoms with E-state index in [4.69, 9.17) is 4.74 Å². The zero-order chi connectivity index (χ0) is 20.6. The number of fused-ring (bicyclic) bond motifs is 1. The summed E-state index contributed by atoms with van der Waals surface area (Å²) in [5.74, 6) is -0.174. The van der Waals surface area contributed by atoms with Gasteiger partial charge in [-0.15, -0.1) is 0 Å². The summed E-state index contributed by atoms with van der Waals surface area (Å²) >= 11 is 0. The van der Waals surface area contributed by atoms with Gasteiger partial charge < -0.3 is 9.47 Å². The lowest BCUT2D eigenvalue weighted by Crippen LogP contribution is -2.10. The Labute approximate surface area is 164 Å². The minimum Gasteiger partial charge on any atom is -0.469 e. The second kappa shape index (κ2) is 10.5. The molecule has 0 bridgehead atoms. The highest BCUT2D eigenvalue weighted by molar-refractivity contribution is 5.72. The Kier molecular flexibility index (Phi) is 9.01. The van der Waals surface area contributed by atoms with Crippen LogP contribution in [0.2, 0.25) is 0 Å². The smallest absolute Gasteiger partial charge is 0.306 e. The maximum atomic E-state index is 11.7. The Morgan fingerprint density at radius 3 is 2.04 bits per heavy atom. The summed E-state index contributed by atoms with van der Waals surface area (Å²) in [6.45, 7) is 12.9. The van der Waals surface area contributed by atoms with E-state index in [2.05, 4.69) is 51.5 Å². The Hall–Kier alpha value is -1.84. The van der Waals surface area contributed by atoms with Crippen LogP contribution in [0.25, 0.3) is 0 Å². The summed E-state index contributed by atoms with van der Waals surface area (Å²) in [6.07, 6.45) is 4.95. The summed E-state index contributed by atoms with van der Waals surface area (Å²) in [4.78, 5) is 22.0. The molecular formula is C23H36O4. The monoisotopic (exact) mass is 376 g/mol. The third kappa shape index (κ3) is 7.36. The fourth-order valence-electron chi connectivity index (χ4n) is 2.82. The van der Waals surface area contributed by atoms with Crippen molar-refractivity contribution in [3.63, 3.8) is 0 Å². The fourth-order valence-corrected chi connectivity index (χ4v) is 2.82. The largest absolute Gasteiger partial charge is 0.469 e. The predicted octanol–water partition coefficient (Wildman–Crippen LogP) is 5.78. The molecule has 0 amide bonds. The van der Waals surface area contributed by atoms with Crippen molar-refractivity contribution in [2.24, 2.45) is 0 Å². The van der Waals surface area contributed by atoms with E-state index in [0.717, 1.165) is 25.7 Å². The summed E-state index contributed by atoms with van der Waals surface area (Å²) in [5, 5.41) is 0. The van der Waals surface area contributed by atoms with E-state index >= 15 is 0 Å². The molecule has 1 aliphatic carbocycles. The molecule has 0 saturated heterocycles. The van der Waals surface area contributed by atoms with Crippen molar-refractivity contribution in [3.8, 4) is 0 Å². The maximum Gasteiger partial charge on any atom is 0.306 e. The molecule has 2 rings (SSSR count). The topological polar surface area (TPSA) is 52.6 Å². The Morgan fingerprint density at radius 2 is 1.56 bits per heavy atom. The molecule has 152 valence electrons. The fraction of sp³-hybridized carbons (Fsp3) is 0.652. The molecule has 0 aromatic heterocycles. The van der Waals surface area contributed by atoms with E-state index in [1.165, 1.54) is 29.4 Å². The lowest BCUT2D eigenvalue weighted by Gasteiger charge is -2.18. The van der Waals surface area contributed by atoms with Gasteiger partial charge in [-0.3, -0.25) is 9.59 Å². The quantitative estimate of drug-likeness (QED) is 0.566. The van der Waals surface area contributed by atoms with Crippen LogP contribution in [0.4, 0.5) is 0 Å². The molecule has 27 heavy (non-hydrogen) atoms. The normalized spacial score (nSPS) is 14.6. The number of methoxy groups -OCH3 is 1. The molecule has 0 aliphatic heterocycles. The van der Waals surface area contributed by atoms with Crippen molar-refractivity contribution in [3.05, 3.63) is 34.4 Å². The third-order valence-corrected chi connectivity index (χ3v) is 4.69. The predicted molar refractivity (Wildman–Crippen MR) is 109 cm³/mol. The Bertz CT molecular complexity index is 641. The highest BCUT2D eigenvalue weighted by Gasteiger charge is 2.39. The van der Waals surface area contributed by atoms with Crippen LogP contribution < -0.4 is 0 Å². The second-order valence-electron chi connectivity index (χ2n) is 8.20. The number of carbonyl (C=O) groups is 2. The van der Waals surface area contributed by atoms with Crippen LogP contribution in [0.1, 0.15) is 102 Å². The highest BCUT2D eigenvalue weighted by Crippen LogP contribution is 2.48. The minimum absolute atomic E-state index is 0.0690. The summed E-state index contributed by atoms with van der Waals surface area (Å²) in [5.41, 5.74) is 5.12.